The predicted molar refractivity (Wildman–Crippen MR) is 65.9 cm³/mol. The number of nitriles is 1. The van der Waals surface area contributed by atoms with Crippen molar-refractivity contribution in [1.29, 1.82) is 5.26 Å². The highest BCUT2D eigenvalue weighted by molar-refractivity contribution is 5.96. The topological polar surface area (TPSA) is 48.2 Å². The minimum absolute atomic E-state index is 0.0249. The molecule has 100 valence electrons. The first kappa shape index (κ1) is 13.4. The number of halogens is 3. The van der Waals surface area contributed by atoms with Gasteiger partial charge in [0.15, 0.2) is 0 Å². The molecule has 0 radical (unpaired) electrons. The summed E-state index contributed by atoms with van der Waals surface area (Å²) in [7, 11) is 0. The van der Waals surface area contributed by atoms with E-state index >= 15 is 0 Å². The van der Waals surface area contributed by atoms with Crippen molar-refractivity contribution in [2.75, 3.05) is 11.9 Å². The molecule has 0 saturated heterocycles. The van der Waals surface area contributed by atoms with Crippen LogP contribution in [0.2, 0.25) is 0 Å². The third-order valence-corrected chi connectivity index (χ3v) is 2.87. The van der Waals surface area contributed by atoms with Gasteiger partial charge in [-0.15, -0.1) is 0 Å². The predicted octanol–water partition coefficient (Wildman–Crippen LogP) is 3.57. The monoisotopic (exact) mass is 267 g/mol. The summed E-state index contributed by atoms with van der Waals surface area (Å²) in [5, 5.41) is 11.9. The summed E-state index contributed by atoms with van der Waals surface area (Å²) in [6.07, 6.45) is -1.67. The van der Waals surface area contributed by atoms with Gasteiger partial charge in [-0.25, -0.2) is 0 Å². The fourth-order valence-electron chi connectivity index (χ4n) is 1.88. The average molecular weight is 267 g/mol. The largest absolute Gasteiger partial charge is 0.416 e. The average Bonchev–Trinajstić information content (AvgIpc) is 2.39. The molecule has 1 aromatic rings. The van der Waals surface area contributed by atoms with Crippen LogP contribution in [-0.2, 0) is 6.18 Å². The molecule has 1 aliphatic heterocycles. The highest BCUT2D eigenvalue weighted by atomic mass is 19.4. The molecule has 0 atom stereocenters. The van der Waals surface area contributed by atoms with Crippen molar-refractivity contribution in [2.45, 2.75) is 25.4 Å². The van der Waals surface area contributed by atoms with Gasteiger partial charge in [-0.3, -0.25) is 4.99 Å². The molecule has 0 bridgehead atoms. The summed E-state index contributed by atoms with van der Waals surface area (Å²) in [5.41, 5.74) is -0.473. The van der Waals surface area contributed by atoms with Crippen molar-refractivity contribution in [3.05, 3.63) is 29.3 Å². The molecule has 0 fully saturated rings. The summed E-state index contributed by atoms with van der Waals surface area (Å²) in [6.45, 7) is 0.713. The number of aliphatic imine (C=N–C) groups is 1. The number of rotatable bonds is 1. The van der Waals surface area contributed by atoms with Crippen molar-refractivity contribution in [2.24, 2.45) is 4.99 Å². The summed E-state index contributed by atoms with van der Waals surface area (Å²) in [5.74, 6) is 0.725. The summed E-state index contributed by atoms with van der Waals surface area (Å²) >= 11 is 0. The first-order valence-corrected chi connectivity index (χ1v) is 5.92. The Morgan fingerprint density at radius 3 is 2.63 bits per heavy atom. The van der Waals surface area contributed by atoms with Crippen LogP contribution in [0.3, 0.4) is 0 Å². The maximum Gasteiger partial charge on any atom is 0.416 e. The lowest BCUT2D eigenvalue weighted by atomic mass is 10.1. The van der Waals surface area contributed by atoms with Crippen LogP contribution >= 0.6 is 0 Å². The van der Waals surface area contributed by atoms with Gasteiger partial charge in [0.25, 0.3) is 0 Å². The molecule has 0 aromatic heterocycles. The van der Waals surface area contributed by atoms with E-state index in [0.717, 1.165) is 37.2 Å². The molecular formula is C13H12F3N3. The maximum absolute atomic E-state index is 12.5. The Hall–Kier alpha value is -2.03. The van der Waals surface area contributed by atoms with E-state index in [-0.39, 0.29) is 5.56 Å². The molecule has 3 nitrogen and oxygen atoms in total. The van der Waals surface area contributed by atoms with E-state index in [1.165, 1.54) is 6.07 Å². The summed E-state index contributed by atoms with van der Waals surface area (Å²) in [6, 6.07) is 4.87. The summed E-state index contributed by atoms with van der Waals surface area (Å²) in [4.78, 5) is 4.25. The van der Waals surface area contributed by atoms with E-state index in [9.17, 15) is 13.2 Å². The van der Waals surface area contributed by atoms with Crippen molar-refractivity contribution in [3.8, 4) is 6.07 Å². The van der Waals surface area contributed by atoms with E-state index in [0.29, 0.717) is 12.2 Å². The molecule has 0 unspecified atom stereocenters. The van der Waals surface area contributed by atoms with Gasteiger partial charge in [-0.1, -0.05) is 0 Å². The van der Waals surface area contributed by atoms with Crippen molar-refractivity contribution in [3.63, 3.8) is 0 Å². The molecule has 1 N–H and O–H groups in total. The van der Waals surface area contributed by atoms with Gasteiger partial charge in [0.1, 0.15) is 11.9 Å². The molecule has 1 aromatic carbocycles. The van der Waals surface area contributed by atoms with Gasteiger partial charge >= 0.3 is 6.18 Å². The van der Waals surface area contributed by atoms with Crippen molar-refractivity contribution >= 4 is 11.5 Å². The minimum atomic E-state index is -4.44. The first-order valence-electron chi connectivity index (χ1n) is 5.92. The van der Waals surface area contributed by atoms with Crippen LogP contribution < -0.4 is 5.32 Å². The van der Waals surface area contributed by atoms with Gasteiger partial charge < -0.3 is 5.32 Å². The molecule has 1 heterocycles. The molecule has 0 saturated carbocycles. The number of alkyl halides is 3. The number of nitrogens with zero attached hydrogens (tertiary/aromatic N) is 2. The normalized spacial score (nSPS) is 15.6. The quantitative estimate of drug-likeness (QED) is 0.845. The lowest BCUT2D eigenvalue weighted by molar-refractivity contribution is -0.137. The van der Waals surface area contributed by atoms with Crippen LogP contribution in [0.5, 0.6) is 0 Å². The second-order valence-corrected chi connectivity index (χ2v) is 4.28. The number of hydrogen-bond donors (Lipinski definition) is 1. The highest BCUT2D eigenvalue weighted by Crippen LogP contribution is 2.31. The van der Waals surface area contributed by atoms with Gasteiger partial charge in [0.05, 0.1) is 16.8 Å². The Kier molecular flexibility index (Phi) is 3.74. The number of nitrogens with one attached hydrogen (secondary N) is 1. The molecule has 0 spiro atoms. The van der Waals surface area contributed by atoms with Crippen LogP contribution in [0.15, 0.2) is 23.2 Å². The Labute approximate surface area is 108 Å². The third kappa shape index (κ3) is 3.25. The zero-order valence-electron chi connectivity index (χ0n) is 10.1. The van der Waals surface area contributed by atoms with Gasteiger partial charge in [0, 0.05) is 13.0 Å². The van der Waals surface area contributed by atoms with Crippen molar-refractivity contribution < 1.29 is 13.2 Å². The molecular weight excluding hydrogens is 255 g/mol. The Bertz CT molecular complexity index is 541. The Balaban J connectivity index is 2.27. The van der Waals surface area contributed by atoms with E-state index in [1.54, 1.807) is 6.07 Å². The first-order chi connectivity index (χ1) is 9.00. The third-order valence-electron chi connectivity index (χ3n) is 2.87. The maximum atomic E-state index is 12.5. The van der Waals surface area contributed by atoms with Gasteiger partial charge in [-0.2, -0.15) is 18.4 Å². The second-order valence-electron chi connectivity index (χ2n) is 4.28. The highest BCUT2D eigenvalue weighted by Gasteiger charge is 2.31. The summed E-state index contributed by atoms with van der Waals surface area (Å²) < 4.78 is 37.6. The van der Waals surface area contributed by atoms with E-state index < -0.39 is 11.7 Å². The molecule has 0 amide bonds. The molecule has 6 heteroatoms. The standard InChI is InChI=1S/C13H12F3N3/c14-13(15,16)10-4-5-11(9(7-10)8-17)19-12-3-1-2-6-18-12/h4-5,7H,1-3,6H2,(H,18,19). The van der Waals surface area contributed by atoms with Crippen LogP contribution in [0.4, 0.5) is 18.9 Å². The molecule has 0 aliphatic carbocycles. The SMILES string of the molecule is N#Cc1cc(C(F)(F)F)ccc1NC1=NCCCC1. The van der Waals surface area contributed by atoms with Crippen LogP contribution in [-0.4, -0.2) is 12.4 Å². The lowest BCUT2D eigenvalue weighted by Gasteiger charge is -2.15. The molecule has 19 heavy (non-hydrogen) atoms. The van der Waals surface area contributed by atoms with Gasteiger partial charge in [-0.05, 0) is 31.0 Å². The van der Waals surface area contributed by atoms with Crippen LogP contribution in [0.25, 0.3) is 0 Å². The minimum Gasteiger partial charge on any atom is -0.343 e. The molecule has 2 rings (SSSR count). The van der Waals surface area contributed by atoms with E-state index in [1.807, 2.05) is 0 Å². The second kappa shape index (κ2) is 5.31. The Morgan fingerprint density at radius 2 is 2.05 bits per heavy atom. The smallest absolute Gasteiger partial charge is 0.343 e. The lowest BCUT2D eigenvalue weighted by Crippen LogP contribution is -2.17. The number of anilines is 1. The fraction of sp³-hybridized carbons (Fsp3) is 0.385. The van der Waals surface area contributed by atoms with E-state index in [2.05, 4.69) is 10.3 Å². The van der Waals surface area contributed by atoms with E-state index in [4.69, 9.17) is 5.26 Å². The van der Waals surface area contributed by atoms with Crippen LogP contribution in [0.1, 0.15) is 30.4 Å². The number of amidine groups is 1. The molecule has 1 aliphatic rings. The van der Waals surface area contributed by atoms with Gasteiger partial charge in [0.2, 0.25) is 0 Å². The Morgan fingerprint density at radius 1 is 1.26 bits per heavy atom. The number of benzene rings is 1. The zero-order valence-corrected chi connectivity index (χ0v) is 10.1. The zero-order chi connectivity index (χ0) is 13.9. The van der Waals surface area contributed by atoms with Crippen molar-refractivity contribution in [1.82, 2.24) is 0 Å². The van der Waals surface area contributed by atoms with Crippen LogP contribution in [0, 0.1) is 11.3 Å². The number of hydrogen-bond acceptors (Lipinski definition) is 3. The fourth-order valence-corrected chi connectivity index (χ4v) is 1.88.